The molecule has 0 saturated carbocycles. The Balaban J connectivity index is 1.11. The van der Waals surface area contributed by atoms with E-state index in [-0.39, 0.29) is 17.4 Å². The summed E-state index contributed by atoms with van der Waals surface area (Å²) in [5.41, 5.74) is 2.29. The fourth-order valence-corrected chi connectivity index (χ4v) is 5.74. The maximum atomic E-state index is 13.7. The molecular formula is C36H34F3N5O4. The number of rotatable bonds is 8. The van der Waals surface area contributed by atoms with Gasteiger partial charge in [0.1, 0.15) is 17.2 Å². The van der Waals surface area contributed by atoms with Crippen molar-refractivity contribution in [3.63, 3.8) is 0 Å². The Morgan fingerprint density at radius 1 is 0.917 bits per heavy atom. The molecule has 1 saturated heterocycles. The molecule has 9 nitrogen and oxygen atoms in total. The van der Waals surface area contributed by atoms with E-state index >= 15 is 0 Å². The number of piperazine rings is 1. The number of nitrogens with zero attached hydrogens (tertiary/aromatic N) is 5. The summed E-state index contributed by atoms with van der Waals surface area (Å²) in [6, 6.07) is 22.7. The van der Waals surface area contributed by atoms with Crippen LogP contribution in [-0.4, -0.2) is 71.5 Å². The van der Waals surface area contributed by atoms with Crippen LogP contribution in [0, 0.1) is 0 Å². The molecule has 0 spiro atoms. The quantitative estimate of drug-likeness (QED) is 0.187. The molecule has 0 aliphatic carbocycles. The SMILES string of the molecule is COc1ccc(CN2CCN(C(=O)c3cc4c(Oc5ccc(N(C)C(=O)c6ccc(C(F)(F)F)cc6)cn5)cccc4n3C)CC2)cc1. The summed E-state index contributed by atoms with van der Waals surface area (Å²) < 4.78 is 52.0. The number of halogens is 3. The first-order valence-corrected chi connectivity index (χ1v) is 15.3. The van der Waals surface area contributed by atoms with Crippen LogP contribution in [0.5, 0.6) is 17.4 Å². The number of carbonyl (C=O) groups is 2. The number of ether oxygens (including phenoxy) is 2. The number of pyridine rings is 1. The Hall–Kier alpha value is -5.36. The van der Waals surface area contributed by atoms with E-state index in [2.05, 4.69) is 22.0 Å². The molecule has 0 unspecified atom stereocenters. The highest BCUT2D eigenvalue weighted by molar-refractivity contribution is 6.05. The molecule has 2 aromatic heterocycles. The molecule has 3 heterocycles. The molecule has 5 aromatic rings. The molecule has 1 fully saturated rings. The van der Waals surface area contributed by atoms with Crippen LogP contribution < -0.4 is 14.4 Å². The molecule has 48 heavy (non-hydrogen) atoms. The molecule has 1 aliphatic heterocycles. The molecule has 2 amide bonds. The van der Waals surface area contributed by atoms with Gasteiger partial charge in [0.25, 0.3) is 11.8 Å². The number of hydrogen-bond acceptors (Lipinski definition) is 6. The second-order valence-corrected chi connectivity index (χ2v) is 11.6. The monoisotopic (exact) mass is 657 g/mol. The predicted molar refractivity (Wildman–Crippen MR) is 176 cm³/mol. The number of aromatic nitrogens is 2. The number of benzene rings is 3. The minimum Gasteiger partial charge on any atom is -0.497 e. The Morgan fingerprint density at radius 3 is 2.25 bits per heavy atom. The summed E-state index contributed by atoms with van der Waals surface area (Å²) >= 11 is 0. The lowest BCUT2D eigenvalue weighted by Gasteiger charge is -2.34. The maximum Gasteiger partial charge on any atom is 0.416 e. The van der Waals surface area contributed by atoms with Crippen LogP contribution in [0.2, 0.25) is 0 Å². The first-order chi connectivity index (χ1) is 23.0. The molecule has 0 N–H and O–H groups in total. The molecule has 1 aliphatic rings. The normalized spacial score (nSPS) is 13.8. The third-order valence-electron chi connectivity index (χ3n) is 8.58. The average molecular weight is 658 g/mol. The van der Waals surface area contributed by atoms with Gasteiger partial charge >= 0.3 is 6.18 Å². The third-order valence-corrected chi connectivity index (χ3v) is 8.58. The van der Waals surface area contributed by atoms with Gasteiger partial charge < -0.3 is 23.8 Å². The van der Waals surface area contributed by atoms with Crippen molar-refractivity contribution in [1.29, 1.82) is 0 Å². The average Bonchev–Trinajstić information content (AvgIpc) is 3.45. The largest absolute Gasteiger partial charge is 0.497 e. The standard InChI is InChI=1S/C36H34F3N5O4/c1-41(34(45)25-9-11-26(12-10-25)36(37,38)39)27-13-16-33(40-22-27)48-32-6-4-5-30-29(32)21-31(42(30)2)35(46)44-19-17-43(18-20-44)23-24-7-14-28(47-3)15-8-24/h4-16,21-22H,17-20,23H2,1-3H3. The van der Waals surface area contributed by atoms with Gasteiger partial charge in [0.05, 0.1) is 30.1 Å². The van der Waals surface area contributed by atoms with Crippen LogP contribution in [0.3, 0.4) is 0 Å². The predicted octanol–water partition coefficient (Wildman–Crippen LogP) is 6.63. The summed E-state index contributed by atoms with van der Waals surface area (Å²) in [5, 5.41) is 0.752. The summed E-state index contributed by atoms with van der Waals surface area (Å²) in [5.74, 6) is 1.08. The third kappa shape index (κ3) is 6.84. The van der Waals surface area contributed by atoms with Gasteiger partial charge in [0, 0.05) is 63.8 Å². The van der Waals surface area contributed by atoms with Crippen molar-refractivity contribution in [2.45, 2.75) is 12.7 Å². The molecule has 0 atom stereocenters. The minimum atomic E-state index is -4.48. The van der Waals surface area contributed by atoms with Gasteiger partial charge in [-0.15, -0.1) is 0 Å². The molecule has 0 bridgehead atoms. The van der Waals surface area contributed by atoms with E-state index in [9.17, 15) is 22.8 Å². The van der Waals surface area contributed by atoms with Crippen LogP contribution in [0.1, 0.15) is 32.0 Å². The van der Waals surface area contributed by atoms with E-state index in [0.717, 1.165) is 60.6 Å². The van der Waals surface area contributed by atoms with Crippen LogP contribution >= 0.6 is 0 Å². The van der Waals surface area contributed by atoms with E-state index < -0.39 is 17.6 Å². The molecular weight excluding hydrogens is 623 g/mol. The van der Waals surface area contributed by atoms with Crippen molar-refractivity contribution in [2.24, 2.45) is 7.05 Å². The zero-order chi connectivity index (χ0) is 34.0. The van der Waals surface area contributed by atoms with E-state index in [4.69, 9.17) is 9.47 Å². The minimum absolute atomic E-state index is 0.0491. The van der Waals surface area contributed by atoms with Gasteiger partial charge in [-0.3, -0.25) is 14.5 Å². The fraction of sp³-hybridized carbons (Fsp3) is 0.250. The highest BCUT2D eigenvalue weighted by Crippen LogP contribution is 2.33. The van der Waals surface area contributed by atoms with Crippen molar-refractivity contribution < 1.29 is 32.2 Å². The van der Waals surface area contributed by atoms with Gasteiger partial charge in [-0.05, 0) is 66.2 Å². The van der Waals surface area contributed by atoms with E-state index in [1.807, 2.05) is 46.8 Å². The first-order valence-electron chi connectivity index (χ1n) is 15.3. The number of anilines is 1. The smallest absolute Gasteiger partial charge is 0.416 e. The number of amides is 2. The van der Waals surface area contributed by atoms with Crippen LogP contribution in [0.25, 0.3) is 10.9 Å². The fourth-order valence-electron chi connectivity index (χ4n) is 5.74. The Labute approximate surface area is 275 Å². The summed E-state index contributed by atoms with van der Waals surface area (Å²) in [6.07, 6.45) is -3.03. The Kier molecular flexibility index (Phi) is 9.09. The van der Waals surface area contributed by atoms with Crippen molar-refractivity contribution in [3.05, 3.63) is 114 Å². The first kappa shape index (κ1) is 32.6. The van der Waals surface area contributed by atoms with Gasteiger partial charge in [-0.25, -0.2) is 4.98 Å². The van der Waals surface area contributed by atoms with Gasteiger partial charge in [0.15, 0.2) is 0 Å². The van der Waals surface area contributed by atoms with Gasteiger partial charge in [-0.1, -0.05) is 18.2 Å². The Morgan fingerprint density at radius 2 is 1.62 bits per heavy atom. The summed E-state index contributed by atoms with van der Waals surface area (Å²) in [6.45, 7) is 3.57. The number of alkyl halides is 3. The van der Waals surface area contributed by atoms with Gasteiger partial charge in [-0.2, -0.15) is 13.2 Å². The van der Waals surface area contributed by atoms with Crippen molar-refractivity contribution >= 4 is 28.4 Å². The van der Waals surface area contributed by atoms with E-state index in [1.165, 1.54) is 23.7 Å². The lowest BCUT2D eigenvalue weighted by Crippen LogP contribution is -2.48. The highest BCUT2D eigenvalue weighted by Gasteiger charge is 2.30. The second kappa shape index (κ2) is 13.4. The molecule has 0 radical (unpaired) electrons. The summed E-state index contributed by atoms with van der Waals surface area (Å²) in [4.78, 5) is 36.4. The van der Waals surface area contributed by atoms with Crippen molar-refractivity contribution in [3.8, 4) is 17.4 Å². The molecule has 3 aromatic carbocycles. The second-order valence-electron chi connectivity index (χ2n) is 11.6. The topological polar surface area (TPSA) is 80.1 Å². The zero-order valence-electron chi connectivity index (χ0n) is 26.7. The number of aryl methyl sites for hydroxylation is 1. The number of fused-ring (bicyclic) bond motifs is 1. The number of carbonyl (C=O) groups excluding carboxylic acids is 2. The van der Waals surface area contributed by atoms with Crippen LogP contribution in [0.4, 0.5) is 18.9 Å². The zero-order valence-corrected chi connectivity index (χ0v) is 26.7. The lowest BCUT2D eigenvalue weighted by atomic mass is 10.1. The van der Waals surface area contributed by atoms with Crippen LogP contribution in [0.15, 0.2) is 91.1 Å². The molecule has 6 rings (SSSR count). The molecule has 12 heteroatoms. The number of methoxy groups -OCH3 is 1. The molecule has 248 valence electrons. The van der Waals surface area contributed by atoms with E-state index in [1.54, 1.807) is 25.3 Å². The van der Waals surface area contributed by atoms with Gasteiger partial charge in [0.2, 0.25) is 5.88 Å². The lowest BCUT2D eigenvalue weighted by molar-refractivity contribution is -0.137. The number of hydrogen-bond donors (Lipinski definition) is 0. The maximum absolute atomic E-state index is 13.7. The van der Waals surface area contributed by atoms with E-state index in [0.29, 0.717) is 30.2 Å². The van der Waals surface area contributed by atoms with Crippen LogP contribution in [-0.2, 0) is 19.8 Å². The summed E-state index contributed by atoms with van der Waals surface area (Å²) in [7, 11) is 5.02. The van der Waals surface area contributed by atoms with Crippen molar-refractivity contribution in [1.82, 2.24) is 19.4 Å². The highest BCUT2D eigenvalue weighted by atomic mass is 19.4. The van der Waals surface area contributed by atoms with Crippen molar-refractivity contribution in [2.75, 3.05) is 45.2 Å². The Bertz CT molecular complexity index is 1920.